The van der Waals surface area contributed by atoms with Crippen LogP contribution in [0.15, 0.2) is 53.7 Å². The fourth-order valence-corrected chi connectivity index (χ4v) is 4.38. The van der Waals surface area contributed by atoms with Crippen molar-refractivity contribution >= 4 is 23.2 Å². The Labute approximate surface area is 177 Å². The molecule has 0 N–H and O–H groups in total. The summed E-state index contributed by atoms with van der Waals surface area (Å²) in [5.74, 6) is 0.339. The van der Waals surface area contributed by atoms with Gasteiger partial charge in [0, 0.05) is 23.9 Å². The fourth-order valence-electron chi connectivity index (χ4n) is 4.18. The minimum Gasteiger partial charge on any atom is -0.390 e. The van der Waals surface area contributed by atoms with E-state index in [4.69, 9.17) is 16.4 Å². The van der Waals surface area contributed by atoms with E-state index in [0.29, 0.717) is 24.5 Å². The number of carbonyl (C=O) groups is 1. The molecule has 0 radical (unpaired) electrons. The van der Waals surface area contributed by atoms with Crippen molar-refractivity contribution in [3.05, 3.63) is 70.2 Å². The van der Waals surface area contributed by atoms with Crippen molar-refractivity contribution in [1.82, 2.24) is 4.90 Å². The van der Waals surface area contributed by atoms with Crippen molar-refractivity contribution in [3.8, 4) is 0 Å². The number of aryl methyl sites for hydroxylation is 1. The summed E-state index contributed by atoms with van der Waals surface area (Å²) in [4.78, 5) is 20.9. The van der Waals surface area contributed by atoms with Crippen molar-refractivity contribution < 1.29 is 9.63 Å². The minimum atomic E-state index is -0.126. The summed E-state index contributed by atoms with van der Waals surface area (Å²) >= 11 is 6.37. The molecular formula is C24H27ClN2O2. The highest BCUT2D eigenvalue weighted by Gasteiger charge is 2.31. The number of amides is 1. The van der Waals surface area contributed by atoms with E-state index in [-0.39, 0.29) is 17.9 Å². The molecule has 4 rings (SSSR count). The molecule has 0 saturated heterocycles. The van der Waals surface area contributed by atoms with Crippen LogP contribution in [-0.2, 0) is 16.2 Å². The second kappa shape index (κ2) is 9.00. The Morgan fingerprint density at radius 1 is 1.14 bits per heavy atom. The molecule has 1 amide bonds. The molecule has 2 aliphatic rings. The lowest BCUT2D eigenvalue weighted by atomic mass is 10.0. The maximum absolute atomic E-state index is 13.2. The molecule has 0 spiro atoms. The largest absolute Gasteiger partial charge is 0.390 e. The predicted molar refractivity (Wildman–Crippen MR) is 116 cm³/mol. The Morgan fingerprint density at radius 2 is 1.86 bits per heavy atom. The molecule has 0 unspecified atom stereocenters. The van der Waals surface area contributed by atoms with Crippen LogP contribution in [0.1, 0.15) is 48.8 Å². The molecule has 29 heavy (non-hydrogen) atoms. The first-order valence-corrected chi connectivity index (χ1v) is 10.8. The number of hydrogen-bond acceptors (Lipinski definition) is 3. The van der Waals surface area contributed by atoms with Crippen molar-refractivity contribution in [1.29, 1.82) is 0 Å². The Kier molecular flexibility index (Phi) is 6.19. The first kappa shape index (κ1) is 20.0. The lowest BCUT2D eigenvalue weighted by Crippen LogP contribution is -2.40. The zero-order valence-electron chi connectivity index (χ0n) is 16.8. The summed E-state index contributed by atoms with van der Waals surface area (Å²) in [7, 11) is 0. The van der Waals surface area contributed by atoms with Gasteiger partial charge >= 0.3 is 0 Å². The van der Waals surface area contributed by atoms with Crippen molar-refractivity contribution in [2.45, 2.75) is 51.7 Å². The van der Waals surface area contributed by atoms with Gasteiger partial charge in [0.1, 0.15) is 0 Å². The van der Waals surface area contributed by atoms with E-state index < -0.39 is 0 Å². The van der Waals surface area contributed by atoms with Gasteiger partial charge in [0.2, 0.25) is 5.91 Å². The summed E-state index contributed by atoms with van der Waals surface area (Å²) in [5, 5.41) is 5.00. The Hall–Kier alpha value is -2.33. The average molecular weight is 411 g/mol. The molecule has 0 aromatic heterocycles. The van der Waals surface area contributed by atoms with Gasteiger partial charge in [0.15, 0.2) is 6.10 Å². The fraction of sp³-hybridized carbons (Fsp3) is 0.417. The van der Waals surface area contributed by atoms with E-state index in [0.717, 1.165) is 42.5 Å². The first-order valence-electron chi connectivity index (χ1n) is 10.4. The van der Waals surface area contributed by atoms with Gasteiger partial charge in [0.05, 0.1) is 12.3 Å². The SMILES string of the molecule is Cc1ccc(C2=NO[C@H](CN(Cc3ccccc3Cl)C(=O)C3CCCC3)C2)cc1. The van der Waals surface area contributed by atoms with Crippen LogP contribution in [0.2, 0.25) is 5.02 Å². The van der Waals surface area contributed by atoms with Gasteiger partial charge in [-0.2, -0.15) is 0 Å². The Bertz CT molecular complexity index is 888. The summed E-state index contributed by atoms with van der Waals surface area (Å²) < 4.78 is 0. The third-order valence-electron chi connectivity index (χ3n) is 5.88. The van der Waals surface area contributed by atoms with Gasteiger partial charge in [-0.3, -0.25) is 4.79 Å². The van der Waals surface area contributed by atoms with Gasteiger partial charge in [-0.15, -0.1) is 0 Å². The zero-order chi connectivity index (χ0) is 20.2. The van der Waals surface area contributed by atoms with E-state index in [1.807, 2.05) is 29.2 Å². The first-order chi connectivity index (χ1) is 14.1. The quantitative estimate of drug-likeness (QED) is 0.643. The highest BCUT2D eigenvalue weighted by atomic mass is 35.5. The molecular weight excluding hydrogens is 384 g/mol. The van der Waals surface area contributed by atoms with Crippen LogP contribution in [0.3, 0.4) is 0 Å². The van der Waals surface area contributed by atoms with E-state index in [2.05, 4.69) is 36.3 Å². The van der Waals surface area contributed by atoms with Gasteiger partial charge in [-0.1, -0.05) is 77.6 Å². The topological polar surface area (TPSA) is 41.9 Å². The second-order valence-corrected chi connectivity index (χ2v) is 8.53. The van der Waals surface area contributed by atoms with Crippen molar-refractivity contribution in [2.24, 2.45) is 11.1 Å². The second-order valence-electron chi connectivity index (χ2n) is 8.13. The van der Waals surface area contributed by atoms with Gasteiger partial charge in [-0.25, -0.2) is 0 Å². The van der Waals surface area contributed by atoms with Crippen molar-refractivity contribution in [2.75, 3.05) is 6.54 Å². The lowest BCUT2D eigenvalue weighted by Gasteiger charge is -2.28. The third-order valence-corrected chi connectivity index (χ3v) is 6.25. The van der Waals surface area contributed by atoms with Crippen LogP contribution in [0.5, 0.6) is 0 Å². The molecule has 2 aromatic carbocycles. The molecule has 2 aromatic rings. The van der Waals surface area contributed by atoms with Crippen LogP contribution < -0.4 is 0 Å². The Morgan fingerprint density at radius 3 is 2.59 bits per heavy atom. The van der Waals surface area contributed by atoms with E-state index in [1.165, 1.54) is 5.56 Å². The molecule has 1 saturated carbocycles. The number of carbonyl (C=O) groups excluding carboxylic acids is 1. The normalized spacial score (nSPS) is 19.1. The summed E-state index contributed by atoms with van der Waals surface area (Å²) in [6.45, 7) is 3.11. The number of rotatable bonds is 6. The highest BCUT2D eigenvalue weighted by molar-refractivity contribution is 6.31. The molecule has 1 heterocycles. The minimum absolute atomic E-state index is 0.122. The number of oxime groups is 1. The summed E-state index contributed by atoms with van der Waals surface area (Å²) in [6.07, 6.45) is 4.82. The number of nitrogens with zero attached hydrogens (tertiary/aromatic N) is 2. The van der Waals surface area contributed by atoms with Crippen LogP contribution in [-0.4, -0.2) is 29.2 Å². The van der Waals surface area contributed by atoms with Gasteiger partial charge in [0.25, 0.3) is 0 Å². The van der Waals surface area contributed by atoms with Crippen LogP contribution in [0.25, 0.3) is 0 Å². The Balaban J connectivity index is 1.46. The van der Waals surface area contributed by atoms with Gasteiger partial charge < -0.3 is 9.74 Å². The van der Waals surface area contributed by atoms with E-state index >= 15 is 0 Å². The number of halogens is 1. The average Bonchev–Trinajstić information content (AvgIpc) is 3.41. The maximum atomic E-state index is 13.2. The lowest BCUT2D eigenvalue weighted by molar-refractivity contribution is -0.137. The number of hydrogen-bond donors (Lipinski definition) is 0. The third kappa shape index (κ3) is 4.81. The molecule has 1 aliphatic heterocycles. The molecule has 0 bridgehead atoms. The molecule has 5 heteroatoms. The molecule has 4 nitrogen and oxygen atoms in total. The molecule has 1 aliphatic carbocycles. The molecule has 1 fully saturated rings. The maximum Gasteiger partial charge on any atom is 0.226 e. The van der Waals surface area contributed by atoms with E-state index in [9.17, 15) is 4.79 Å². The van der Waals surface area contributed by atoms with Crippen LogP contribution in [0.4, 0.5) is 0 Å². The van der Waals surface area contributed by atoms with Crippen LogP contribution >= 0.6 is 11.6 Å². The van der Waals surface area contributed by atoms with Crippen molar-refractivity contribution in [3.63, 3.8) is 0 Å². The summed E-state index contributed by atoms with van der Waals surface area (Å²) in [6, 6.07) is 16.1. The highest BCUT2D eigenvalue weighted by Crippen LogP contribution is 2.29. The zero-order valence-corrected chi connectivity index (χ0v) is 17.6. The summed E-state index contributed by atoms with van der Waals surface area (Å²) in [5.41, 5.74) is 4.22. The van der Waals surface area contributed by atoms with Crippen LogP contribution in [0, 0.1) is 12.8 Å². The smallest absolute Gasteiger partial charge is 0.226 e. The molecule has 1 atom stereocenters. The standard InChI is InChI=1S/C24H27ClN2O2/c1-17-10-12-18(13-11-17)23-14-21(29-26-23)16-27(24(28)19-6-2-3-7-19)15-20-8-4-5-9-22(20)25/h4-5,8-13,19,21H,2-3,6-7,14-16H2,1H3/t21-/m0/s1. The number of benzene rings is 2. The molecule has 152 valence electrons. The van der Waals surface area contributed by atoms with E-state index in [1.54, 1.807) is 0 Å². The predicted octanol–water partition coefficient (Wildman–Crippen LogP) is 5.36. The van der Waals surface area contributed by atoms with Gasteiger partial charge in [-0.05, 0) is 37.0 Å². The monoisotopic (exact) mass is 410 g/mol.